The van der Waals surface area contributed by atoms with E-state index in [2.05, 4.69) is 79.2 Å². The number of aromatic nitrogens is 3. The van der Waals surface area contributed by atoms with Crippen molar-refractivity contribution in [3.8, 4) is 16.8 Å². The van der Waals surface area contributed by atoms with E-state index in [-0.39, 0.29) is 5.78 Å². The number of halogens is 1. The minimum absolute atomic E-state index is 0.258. The van der Waals surface area contributed by atoms with Crippen LogP contribution in [0.1, 0.15) is 49.6 Å². The van der Waals surface area contributed by atoms with E-state index in [0.29, 0.717) is 12.5 Å². The van der Waals surface area contributed by atoms with E-state index in [1.54, 1.807) is 13.1 Å². The monoisotopic (exact) mass is 603 g/mol. The summed E-state index contributed by atoms with van der Waals surface area (Å²) in [5.74, 6) is 1.80. The quantitative estimate of drug-likeness (QED) is 0.188. The molecule has 0 amide bonds. The minimum Gasteiger partial charge on any atom is -0.361 e. The maximum atomic E-state index is 11.5. The molecule has 2 aromatic carbocycles. The van der Waals surface area contributed by atoms with Crippen molar-refractivity contribution in [1.29, 1.82) is 0 Å². The fraction of sp³-hybridized carbons (Fsp3) is 0.406. The first-order chi connectivity index (χ1) is 19.3. The van der Waals surface area contributed by atoms with Crippen molar-refractivity contribution >= 4 is 33.1 Å². The first-order valence-corrected chi connectivity index (χ1v) is 14.9. The molecule has 0 aliphatic carbocycles. The van der Waals surface area contributed by atoms with Crippen LogP contribution in [0.2, 0.25) is 0 Å². The predicted octanol–water partition coefficient (Wildman–Crippen LogP) is 7.43. The van der Waals surface area contributed by atoms with Crippen LogP contribution < -0.4 is 4.90 Å². The molecule has 0 bridgehead atoms. The van der Waals surface area contributed by atoms with Gasteiger partial charge in [-0.3, -0.25) is 9.69 Å². The topological polar surface area (TPSA) is 67.4 Å². The Morgan fingerprint density at radius 3 is 2.58 bits per heavy atom. The molecule has 3 heterocycles. The largest absolute Gasteiger partial charge is 0.361 e. The maximum absolute atomic E-state index is 11.5. The molecule has 0 spiro atoms. The van der Waals surface area contributed by atoms with Crippen molar-refractivity contribution < 1.29 is 9.32 Å². The number of imidazole rings is 1. The molecule has 5 rings (SSSR count). The van der Waals surface area contributed by atoms with Gasteiger partial charge in [0.15, 0.2) is 0 Å². The molecular weight excluding hydrogens is 566 g/mol. The zero-order valence-corrected chi connectivity index (χ0v) is 25.4. The van der Waals surface area contributed by atoms with E-state index in [1.165, 1.54) is 30.5 Å². The second-order valence-electron chi connectivity index (χ2n) is 11.0. The van der Waals surface area contributed by atoms with Crippen LogP contribution in [-0.2, 0) is 4.79 Å². The molecule has 1 saturated heterocycles. The van der Waals surface area contributed by atoms with Crippen molar-refractivity contribution in [2.75, 3.05) is 31.1 Å². The Balaban J connectivity index is 1.40. The highest BCUT2D eigenvalue weighted by molar-refractivity contribution is 9.10. The average Bonchev–Trinajstić information content (AvgIpc) is 3.58. The molecule has 0 unspecified atom stereocenters. The lowest BCUT2D eigenvalue weighted by Crippen LogP contribution is -2.36. The Kier molecular flexibility index (Phi) is 8.86. The highest BCUT2D eigenvalue weighted by atomic mass is 79.9. The Labute approximate surface area is 245 Å². The van der Waals surface area contributed by atoms with Crippen LogP contribution in [0.15, 0.2) is 64.1 Å². The number of aryl methyl sites for hydroxylation is 3. The Morgan fingerprint density at radius 2 is 1.93 bits per heavy atom. The molecule has 40 heavy (non-hydrogen) atoms. The van der Waals surface area contributed by atoms with E-state index in [1.807, 2.05) is 30.9 Å². The summed E-state index contributed by atoms with van der Waals surface area (Å²) >= 11 is 3.82. The number of carbonyl (C=O) groups excluding carboxylic acids is 1. The fourth-order valence-electron chi connectivity index (χ4n) is 5.90. The summed E-state index contributed by atoms with van der Waals surface area (Å²) in [6.07, 6.45) is 10.2. The van der Waals surface area contributed by atoms with E-state index < -0.39 is 0 Å². The molecule has 1 fully saturated rings. The summed E-state index contributed by atoms with van der Waals surface area (Å²) in [6.45, 7) is 11.4. The van der Waals surface area contributed by atoms with Crippen LogP contribution in [0.5, 0.6) is 0 Å². The molecule has 7 nitrogen and oxygen atoms in total. The maximum Gasteiger partial charge on any atom is 0.143 e. The van der Waals surface area contributed by atoms with Crippen LogP contribution in [-0.4, -0.2) is 51.6 Å². The van der Waals surface area contributed by atoms with Crippen molar-refractivity contribution in [1.82, 2.24) is 19.6 Å². The Bertz CT molecular complexity index is 1430. The number of benzene rings is 2. The third-order valence-corrected chi connectivity index (χ3v) is 8.63. The Morgan fingerprint density at radius 1 is 1.12 bits per heavy atom. The minimum atomic E-state index is 0.258. The number of piperidine rings is 1. The molecule has 0 atom stereocenters. The number of Topliss-reactive ketones (excluding diaryl/α,β-unsaturated/α-hetero) is 1. The van der Waals surface area contributed by atoms with Crippen LogP contribution in [0.3, 0.4) is 0 Å². The van der Waals surface area contributed by atoms with Crippen LogP contribution >= 0.6 is 15.9 Å². The van der Waals surface area contributed by atoms with E-state index in [9.17, 15) is 4.79 Å². The normalized spacial score (nSPS) is 14.5. The van der Waals surface area contributed by atoms with Gasteiger partial charge < -0.3 is 14.0 Å². The van der Waals surface area contributed by atoms with E-state index in [0.717, 1.165) is 64.5 Å². The van der Waals surface area contributed by atoms with Crippen molar-refractivity contribution in [2.45, 2.75) is 53.4 Å². The number of anilines is 2. The standard InChI is InChI=1S/C32H38BrN5O2/c1-22-7-8-27(32-24(3)35-40-25(32)4)18-31(22)38(14-5-6-26-11-15-36(16-12-26)20-23(2)39)28-9-10-30(29(33)19-28)37-17-13-34-21-37/h7-10,13,17-19,21,26H,5-6,11-12,14-16,20H2,1-4H3. The summed E-state index contributed by atoms with van der Waals surface area (Å²) in [6, 6.07) is 13.2. The summed E-state index contributed by atoms with van der Waals surface area (Å²) in [5.41, 5.74) is 7.70. The van der Waals surface area contributed by atoms with Crippen LogP contribution in [0, 0.1) is 26.7 Å². The number of rotatable bonds is 10. The number of hydrogen-bond acceptors (Lipinski definition) is 6. The van der Waals surface area contributed by atoms with Gasteiger partial charge in [0.2, 0.25) is 0 Å². The Hall–Kier alpha value is -3.23. The summed E-state index contributed by atoms with van der Waals surface area (Å²) in [7, 11) is 0. The van der Waals surface area contributed by atoms with Gasteiger partial charge in [-0.2, -0.15) is 0 Å². The number of hydrogen-bond donors (Lipinski definition) is 0. The lowest BCUT2D eigenvalue weighted by atomic mass is 9.92. The summed E-state index contributed by atoms with van der Waals surface area (Å²) in [5, 5.41) is 4.19. The number of ketones is 1. The molecule has 1 aliphatic rings. The molecule has 0 N–H and O–H groups in total. The zero-order chi connectivity index (χ0) is 28.2. The predicted molar refractivity (Wildman–Crippen MR) is 163 cm³/mol. The molecule has 0 radical (unpaired) electrons. The second-order valence-corrected chi connectivity index (χ2v) is 11.9. The lowest BCUT2D eigenvalue weighted by Gasteiger charge is -2.32. The highest BCUT2D eigenvalue weighted by Crippen LogP contribution is 2.37. The smallest absolute Gasteiger partial charge is 0.143 e. The van der Waals surface area contributed by atoms with Gasteiger partial charge in [-0.25, -0.2) is 4.98 Å². The van der Waals surface area contributed by atoms with Gasteiger partial charge in [0, 0.05) is 40.3 Å². The van der Waals surface area contributed by atoms with E-state index in [4.69, 9.17) is 4.52 Å². The number of nitrogens with zero attached hydrogens (tertiary/aromatic N) is 5. The number of carbonyl (C=O) groups is 1. The van der Waals surface area contributed by atoms with Gasteiger partial charge in [0.25, 0.3) is 0 Å². The fourth-order valence-corrected chi connectivity index (χ4v) is 6.47. The molecule has 8 heteroatoms. The molecule has 1 aliphatic heterocycles. The van der Waals surface area contributed by atoms with Crippen molar-refractivity contribution in [2.24, 2.45) is 5.92 Å². The summed E-state index contributed by atoms with van der Waals surface area (Å²) in [4.78, 5) is 20.5. The number of likely N-dealkylation sites (tertiary alicyclic amines) is 1. The first kappa shape index (κ1) is 28.3. The average molecular weight is 605 g/mol. The van der Waals surface area contributed by atoms with Crippen LogP contribution in [0.25, 0.3) is 16.8 Å². The van der Waals surface area contributed by atoms with Gasteiger partial charge in [-0.05, 0) is 124 Å². The third-order valence-electron chi connectivity index (χ3n) is 8.00. The van der Waals surface area contributed by atoms with Crippen LogP contribution in [0.4, 0.5) is 11.4 Å². The molecule has 2 aromatic heterocycles. The zero-order valence-electron chi connectivity index (χ0n) is 23.9. The lowest BCUT2D eigenvalue weighted by molar-refractivity contribution is -0.118. The third kappa shape index (κ3) is 6.39. The van der Waals surface area contributed by atoms with Gasteiger partial charge in [-0.15, -0.1) is 0 Å². The van der Waals surface area contributed by atoms with Gasteiger partial charge >= 0.3 is 0 Å². The van der Waals surface area contributed by atoms with Gasteiger partial charge in [0.1, 0.15) is 11.5 Å². The van der Waals surface area contributed by atoms with Crippen molar-refractivity contribution in [3.63, 3.8) is 0 Å². The van der Waals surface area contributed by atoms with Gasteiger partial charge in [-0.1, -0.05) is 17.3 Å². The molecular formula is C32H38BrN5O2. The molecule has 4 aromatic rings. The SMILES string of the molecule is CC(=O)CN1CCC(CCCN(c2ccc(-n3ccnc3)c(Br)c2)c2cc(-c3c(C)noc3C)ccc2C)CC1. The first-order valence-electron chi connectivity index (χ1n) is 14.1. The van der Waals surface area contributed by atoms with Crippen molar-refractivity contribution in [3.05, 3.63) is 76.6 Å². The summed E-state index contributed by atoms with van der Waals surface area (Å²) < 4.78 is 8.52. The second kappa shape index (κ2) is 12.5. The van der Waals surface area contributed by atoms with Gasteiger partial charge in [0.05, 0.1) is 24.3 Å². The van der Waals surface area contributed by atoms with E-state index >= 15 is 0 Å². The molecule has 210 valence electrons. The highest BCUT2D eigenvalue weighted by Gasteiger charge is 2.22. The molecule has 0 saturated carbocycles.